The van der Waals surface area contributed by atoms with Gasteiger partial charge in [0.1, 0.15) is 11.5 Å². The van der Waals surface area contributed by atoms with Crippen LogP contribution in [-0.2, 0) is 24.4 Å². The SMILES string of the molecule is CCn1cc(CN2CCC(C(=O)NCc3ccc(C)o3)CC2)c2ccccc21. The van der Waals surface area contributed by atoms with Gasteiger partial charge in [0.25, 0.3) is 0 Å². The molecule has 28 heavy (non-hydrogen) atoms. The molecule has 0 bridgehead atoms. The number of benzene rings is 1. The predicted octanol–water partition coefficient (Wildman–Crippen LogP) is 4.09. The minimum Gasteiger partial charge on any atom is -0.465 e. The lowest BCUT2D eigenvalue weighted by Gasteiger charge is -2.31. The van der Waals surface area contributed by atoms with E-state index in [9.17, 15) is 4.79 Å². The van der Waals surface area contributed by atoms with Gasteiger partial charge in [0.15, 0.2) is 0 Å². The van der Waals surface area contributed by atoms with Crippen molar-refractivity contribution >= 4 is 16.8 Å². The average molecular weight is 380 g/mol. The summed E-state index contributed by atoms with van der Waals surface area (Å²) in [5.74, 6) is 1.94. The van der Waals surface area contributed by atoms with E-state index in [2.05, 4.69) is 52.2 Å². The number of fused-ring (bicyclic) bond motifs is 1. The van der Waals surface area contributed by atoms with Crippen LogP contribution in [0.2, 0.25) is 0 Å². The molecule has 1 aliphatic rings. The molecule has 1 N–H and O–H groups in total. The van der Waals surface area contributed by atoms with Gasteiger partial charge in [0.2, 0.25) is 5.91 Å². The molecule has 0 aliphatic carbocycles. The van der Waals surface area contributed by atoms with Gasteiger partial charge in [-0.25, -0.2) is 0 Å². The maximum atomic E-state index is 12.5. The molecular weight excluding hydrogens is 350 g/mol. The summed E-state index contributed by atoms with van der Waals surface area (Å²) >= 11 is 0. The van der Waals surface area contributed by atoms with Crippen molar-refractivity contribution in [1.29, 1.82) is 0 Å². The topological polar surface area (TPSA) is 50.4 Å². The van der Waals surface area contributed by atoms with E-state index in [1.54, 1.807) is 0 Å². The molecule has 0 unspecified atom stereocenters. The smallest absolute Gasteiger partial charge is 0.223 e. The summed E-state index contributed by atoms with van der Waals surface area (Å²) in [6, 6.07) is 12.5. The van der Waals surface area contributed by atoms with Crippen molar-refractivity contribution in [1.82, 2.24) is 14.8 Å². The van der Waals surface area contributed by atoms with Crippen molar-refractivity contribution in [2.75, 3.05) is 13.1 Å². The normalized spacial score (nSPS) is 15.9. The highest BCUT2D eigenvalue weighted by atomic mass is 16.3. The molecule has 3 aromatic rings. The summed E-state index contributed by atoms with van der Waals surface area (Å²) in [5.41, 5.74) is 2.69. The molecular formula is C23H29N3O2. The highest BCUT2D eigenvalue weighted by Crippen LogP contribution is 2.25. The second kappa shape index (κ2) is 8.23. The Morgan fingerprint density at radius 2 is 1.96 bits per heavy atom. The van der Waals surface area contributed by atoms with E-state index in [0.717, 1.165) is 50.5 Å². The number of nitrogens with zero attached hydrogens (tertiary/aromatic N) is 2. The lowest BCUT2D eigenvalue weighted by molar-refractivity contribution is -0.126. The van der Waals surface area contributed by atoms with Crippen LogP contribution in [0.25, 0.3) is 10.9 Å². The number of carbonyl (C=O) groups excluding carboxylic acids is 1. The third-order valence-corrected chi connectivity index (χ3v) is 5.80. The van der Waals surface area contributed by atoms with Gasteiger partial charge < -0.3 is 14.3 Å². The fourth-order valence-corrected chi connectivity index (χ4v) is 4.20. The Kier molecular flexibility index (Phi) is 5.53. The summed E-state index contributed by atoms with van der Waals surface area (Å²) in [4.78, 5) is 15.0. The molecule has 5 heteroatoms. The number of carbonyl (C=O) groups is 1. The van der Waals surface area contributed by atoms with Crippen LogP contribution < -0.4 is 5.32 Å². The largest absolute Gasteiger partial charge is 0.465 e. The van der Waals surface area contributed by atoms with E-state index in [0.29, 0.717) is 6.54 Å². The van der Waals surface area contributed by atoms with Crippen LogP contribution in [0.15, 0.2) is 47.0 Å². The summed E-state index contributed by atoms with van der Waals surface area (Å²) in [6.45, 7) is 8.44. The van der Waals surface area contributed by atoms with Gasteiger partial charge in [-0.2, -0.15) is 0 Å². The summed E-state index contributed by atoms with van der Waals surface area (Å²) < 4.78 is 7.85. The van der Waals surface area contributed by atoms with Crippen LogP contribution in [0.1, 0.15) is 36.8 Å². The number of aromatic nitrogens is 1. The number of aryl methyl sites for hydroxylation is 2. The zero-order valence-corrected chi connectivity index (χ0v) is 16.8. The Morgan fingerprint density at radius 3 is 2.68 bits per heavy atom. The molecule has 1 fully saturated rings. The Labute approximate surface area is 166 Å². The fraction of sp³-hybridized carbons (Fsp3) is 0.435. The van der Waals surface area contributed by atoms with Gasteiger partial charge >= 0.3 is 0 Å². The van der Waals surface area contributed by atoms with E-state index in [4.69, 9.17) is 4.42 Å². The van der Waals surface area contributed by atoms with Gasteiger partial charge in [0.05, 0.1) is 6.54 Å². The van der Waals surface area contributed by atoms with Crippen molar-refractivity contribution in [2.24, 2.45) is 5.92 Å². The number of hydrogen-bond acceptors (Lipinski definition) is 3. The molecule has 0 saturated carbocycles. The molecule has 1 aliphatic heterocycles. The third-order valence-electron chi connectivity index (χ3n) is 5.80. The van der Waals surface area contributed by atoms with Gasteiger partial charge in [-0.15, -0.1) is 0 Å². The Hall–Kier alpha value is -2.53. The van der Waals surface area contributed by atoms with Crippen LogP contribution in [0.5, 0.6) is 0 Å². The van der Waals surface area contributed by atoms with Crippen molar-refractivity contribution in [3.63, 3.8) is 0 Å². The number of hydrogen-bond donors (Lipinski definition) is 1. The lowest BCUT2D eigenvalue weighted by Crippen LogP contribution is -2.40. The molecule has 0 atom stereocenters. The Balaban J connectivity index is 1.31. The van der Waals surface area contributed by atoms with Crippen LogP contribution >= 0.6 is 0 Å². The van der Waals surface area contributed by atoms with E-state index in [-0.39, 0.29) is 11.8 Å². The maximum absolute atomic E-state index is 12.5. The minimum atomic E-state index is 0.101. The van der Waals surface area contributed by atoms with E-state index in [1.807, 2.05) is 19.1 Å². The highest BCUT2D eigenvalue weighted by Gasteiger charge is 2.25. The predicted molar refractivity (Wildman–Crippen MR) is 111 cm³/mol. The maximum Gasteiger partial charge on any atom is 0.223 e. The first-order valence-electron chi connectivity index (χ1n) is 10.3. The van der Waals surface area contributed by atoms with Crippen LogP contribution in [0.3, 0.4) is 0 Å². The Bertz CT molecular complexity index is 948. The first-order valence-corrected chi connectivity index (χ1v) is 10.3. The summed E-state index contributed by atoms with van der Waals surface area (Å²) in [6.07, 6.45) is 4.11. The molecule has 148 valence electrons. The second-order valence-electron chi connectivity index (χ2n) is 7.74. The molecule has 0 spiro atoms. The first-order chi connectivity index (χ1) is 13.6. The summed E-state index contributed by atoms with van der Waals surface area (Å²) in [5, 5.41) is 4.37. The highest BCUT2D eigenvalue weighted by molar-refractivity contribution is 5.84. The third kappa shape index (κ3) is 3.99. The monoisotopic (exact) mass is 379 g/mol. The van der Waals surface area contributed by atoms with E-state index in [1.165, 1.54) is 16.5 Å². The van der Waals surface area contributed by atoms with Crippen molar-refractivity contribution in [2.45, 2.75) is 46.3 Å². The lowest BCUT2D eigenvalue weighted by atomic mass is 9.95. The average Bonchev–Trinajstić information content (AvgIpc) is 3.30. The zero-order valence-electron chi connectivity index (χ0n) is 16.8. The number of likely N-dealkylation sites (tertiary alicyclic amines) is 1. The standard InChI is InChI=1S/C23H29N3O2/c1-3-26-16-19(21-6-4-5-7-22(21)26)15-25-12-10-18(11-13-25)23(27)24-14-20-9-8-17(2)28-20/h4-9,16,18H,3,10-15H2,1-2H3,(H,24,27). The van der Waals surface area contributed by atoms with E-state index < -0.39 is 0 Å². The van der Waals surface area contributed by atoms with Crippen LogP contribution in [0, 0.1) is 12.8 Å². The van der Waals surface area contributed by atoms with Crippen molar-refractivity contribution in [3.05, 3.63) is 59.7 Å². The van der Waals surface area contributed by atoms with Crippen molar-refractivity contribution in [3.8, 4) is 0 Å². The van der Waals surface area contributed by atoms with Gasteiger partial charge in [-0.05, 0) is 63.5 Å². The molecule has 0 radical (unpaired) electrons. The zero-order chi connectivity index (χ0) is 19.5. The molecule has 1 aromatic carbocycles. The molecule has 3 heterocycles. The minimum absolute atomic E-state index is 0.101. The number of rotatable bonds is 6. The Morgan fingerprint density at radius 1 is 1.18 bits per heavy atom. The molecule has 4 rings (SSSR count). The molecule has 1 amide bonds. The fourth-order valence-electron chi connectivity index (χ4n) is 4.20. The second-order valence-corrected chi connectivity index (χ2v) is 7.74. The molecule has 1 saturated heterocycles. The van der Waals surface area contributed by atoms with E-state index >= 15 is 0 Å². The first kappa shape index (κ1) is 18.8. The number of para-hydroxylation sites is 1. The quantitative estimate of drug-likeness (QED) is 0.702. The van der Waals surface area contributed by atoms with Gasteiger partial charge in [0, 0.05) is 36.1 Å². The van der Waals surface area contributed by atoms with Gasteiger partial charge in [-0.3, -0.25) is 9.69 Å². The van der Waals surface area contributed by atoms with Gasteiger partial charge in [-0.1, -0.05) is 18.2 Å². The number of nitrogens with one attached hydrogen (secondary N) is 1. The molecule has 2 aromatic heterocycles. The summed E-state index contributed by atoms with van der Waals surface area (Å²) in [7, 11) is 0. The number of piperidine rings is 1. The van der Waals surface area contributed by atoms with Crippen LogP contribution in [-0.4, -0.2) is 28.5 Å². The van der Waals surface area contributed by atoms with Crippen molar-refractivity contribution < 1.29 is 9.21 Å². The number of amides is 1. The molecule has 5 nitrogen and oxygen atoms in total. The number of furan rings is 1. The van der Waals surface area contributed by atoms with Crippen LogP contribution in [0.4, 0.5) is 0 Å².